The summed E-state index contributed by atoms with van der Waals surface area (Å²) in [5.41, 5.74) is 1.27. The third-order valence-corrected chi connectivity index (χ3v) is 3.34. The van der Waals surface area contributed by atoms with E-state index in [0.29, 0.717) is 11.2 Å². The zero-order valence-corrected chi connectivity index (χ0v) is 10.4. The molecule has 1 aromatic rings. The van der Waals surface area contributed by atoms with Crippen molar-refractivity contribution in [3.63, 3.8) is 0 Å². The monoisotopic (exact) mass is 239 g/mol. The Morgan fingerprint density at radius 1 is 1.44 bits per heavy atom. The van der Waals surface area contributed by atoms with Gasteiger partial charge in [0.1, 0.15) is 5.15 Å². The maximum Gasteiger partial charge on any atom is 0.129 e. The number of aromatic nitrogens is 1. The number of nitrogens with one attached hydrogen (secondary N) is 1. The summed E-state index contributed by atoms with van der Waals surface area (Å²) in [7, 11) is 0. The minimum atomic E-state index is 0.479. The first-order valence-corrected chi connectivity index (χ1v) is 6.25. The van der Waals surface area contributed by atoms with Gasteiger partial charge in [-0.15, -0.1) is 0 Å². The van der Waals surface area contributed by atoms with Crippen LogP contribution in [0.5, 0.6) is 0 Å². The van der Waals surface area contributed by atoms with Crippen molar-refractivity contribution in [3.8, 4) is 0 Å². The summed E-state index contributed by atoms with van der Waals surface area (Å²) in [6.45, 7) is 6.61. The maximum absolute atomic E-state index is 5.81. The number of pyridine rings is 1. The third kappa shape index (κ3) is 2.73. The van der Waals surface area contributed by atoms with Crippen molar-refractivity contribution in [2.24, 2.45) is 0 Å². The molecule has 1 aliphatic heterocycles. The van der Waals surface area contributed by atoms with E-state index in [-0.39, 0.29) is 0 Å². The van der Waals surface area contributed by atoms with Gasteiger partial charge in [-0.05, 0) is 18.1 Å². The van der Waals surface area contributed by atoms with Crippen LogP contribution in [0.15, 0.2) is 18.3 Å². The number of nitrogens with zero attached hydrogens (tertiary/aromatic N) is 2. The first-order chi connectivity index (χ1) is 7.81. The predicted octanol–water partition coefficient (Wildman–Crippen LogP) is 2.09. The van der Waals surface area contributed by atoms with Crippen molar-refractivity contribution in [2.75, 3.05) is 26.2 Å². The molecule has 16 heavy (non-hydrogen) atoms. The molecular weight excluding hydrogens is 222 g/mol. The summed E-state index contributed by atoms with van der Waals surface area (Å²) in [5, 5.41) is 3.94. The fourth-order valence-corrected chi connectivity index (χ4v) is 2.39. The van der Waals surface area contributed by atoms with Crippen molar-refractivity contribution < 1.29 is 0 Å². The standard InChI is InChI=1S/C12H18ClN3/c1-2-11(16-7-5-14-6-8-16)10-3-4-12(13)15-9-10/h3-4,9,11,14H,2,5-8H2,1H3/t11-/m1/s1. The summed E-state index contributed by atoms with van der Waals surface area (Å²) in [6.07, 6.45) is 3.02. The summed E-state index contributed by atoms with van der Waals surface area (Å²) in [5.74, 6) is 0. The van der Waals surface area contributed by atoms with E-state index in [1.54, 1.807) is 0 Å². The Morgan fingerprint density at radius 2 is 2.19 bits per heavy atom. The lowest BCUT2D eigenvalue weighted by atomic mass is 10.0. The first kappa shape index (κ1) is 11.8. The van der Waals surface area contributed by atoms with Crippen molar-refractivity contribution in [3.05, 3.63) is 29.0 Å². The van der Waals surface area contributed by atoms with Gasteiger partial charge >= 0.3 is 0 Å². The van der Waals surface area contributed by atoms with Crippen molar-refractivity contribution in [2.45, 2.75) is 19.4 Å². The molecule has 0 aliphatic carbocycles. The van der Waals surface area contributed by atoms with E-state index in [1.807, 2.05) is 12.3 Å². The van der Waals surface area contributed by atoms with Crippen LogP contribution in [0.3, 0.4) is 0 Å². The molecule has 0 spiro atoms. The zero-order chi connectivity index (χ0) is 11.4. The Hall–Kier alpha value is -0.640. The Kier molecular flexibility index (Phi) is 4.16. The van der Waals surface area contributed by atoms with Gasteiger partial charge in [-0.3, -0.25) is 4.90 Å². The molecule has 1 aromatic heterocycles. The zero-order valence-electron chi connectivity index (χ0n) is 9.62. The van der Waals surface area contributed by atoms with Gasteiger partial charge in [-0.2, -0.15) is 0 Å². The van der Waals surface area contributed by atoms with Crippen LogP contribution < -0.4 is 5.32 Å². The summed E-state index contributed by atoms with van der Waals surface area (Å²) >= 11 is 5.81. The van der Waals surface area contributed by atoms with Crippen molar-refractivity contribution >= 4 is 11.6 Å². The predicted molar refractivity (Wildman–Crippen MR) is 66.7 cm³/mol. The lowest BCUT2D eigenvalue weighted by Gasteiger charge is -2.34. The fourth-order valence-electron chi connectivity index (χ4n) is 2.28. The molecule has 0 radical (unpaired) electrons. The second kappa shape index (κ2) is 5.62. The molecule has 1 saturated heterocycles. The third-order valence-electron chi connectivity index (χ3n) is 3.11. The highest BCUT2D eigenvalue weighted by atomic mass is 35.5. The fraction of sp³-hybridized carbons (Fsp3) is 0.583. The van der Waals surface area contributed by atoms with Crippen LogP contribution in [0.4, 0.5) is 0 Å². The van der Waals surface area contributed by atoms with Gasteiger partial charge in [-0.1, -0.05) is 24.6 Å². The summed E-state index contributed by atoms with van der Waals surface area (Å²) in [4.78, 5) is 6.68. The molecule has 0 unspecified atom stereocenters. The molecule has 88 valence electrons. The molecule has 3 nitrogen and oxygen atoms in total. The number of rotatable bonds is 3. The average molecular weight is 240 g/mol. The van der Waals surface area contributed by atoms with Gasteiger partial charge in [0, 0.05) is 38.4 Å². The van der Waals surface area contributed by atoms with E-state index < -0.39 is 0 Å². The molecule has 2 heterocycles. The van der Waals surface area contributed by atoms with Gasteiger partial charge in [0.15, 0.2) is 0 Å². The molecule has 0 amide bonds. The van der Waals surface area contributed by atoms with Crippen LogP contribution in [-0.2, 0) is 0 Å². The van der Waals surface area contributed by atoms with Gasteiger partial charge in [0.2, 0.25) is 0 Å². The van der Waals surface area contributed by atoms with E-state index in [9.17, 15) is 0 Å². The van der Waals surface area contributed by atoms with Crippen LogP contribution in [0.1, 0.15) is 24.9 Å². The van der Waals surface area contributed by atoms with E-state index >= 15 is 0 Å². The summed E-state index contributed by atoms with van der Waals surface area (Å²) < 4.78 is 0. The van der Waals surface area contributed by atoms with E-state index in [2.05, 4.69) is 28.2 Å². The van der Waals surface area contributed by atoms with Crippen LogP contribution in [0, 0.1) is 0 Å². The molecule has 1 aliphatic rings. The number of hydrogen-bond donors (Lipinski definition) is 1. The second-order valence-corrected chi connectivity index (χ2v) is 4.51. The molecule has 0 aromatic carbocycles. The first-order valence-electron chi connectivity index (χ1n) is 5.87. The normalized spacial score (nSPS) is 19.6. The number of piperazine rings is 1. The second-order valence-electron chi connectivity index (χ2n) is 4.12. The highest BCUT2D eigenvalue weighted by molar-refractivity contribution is 6.29. The van der Waals surface area contributed by atoms with Crippen LogP contribution in [-0.4, -0.2) is 36.1 Å². The minimum Gasteiger partial charge on any atom is -0.314 e. The van der Waals surface area contributed by atoms with Crippen LogP contribution >= 0.6 is 11.6 Å². The molecule has 0 bridgehead atoms. The van der Waals surface area contributed by atoms with E-state index in [0.717, 1.165) is 32.6 Å². The minimum absolute atomic E-state index is 0.479. The summed E-state index contributed by atoms with van der Waals surface area (Å²) in [6, 6.07) is 4.44. The molecular formula is C12H18ClN3. The highest BCUT2D eigenvalue weighted by Gasteiger charge is 2.20. The topological polar surface area (TPSA) is 28.2 Å². The van der Waals surface area contributed by atoms with Gasteiger partial charge in [0.25, 0.3) is 0 Å². The SMILES string of the molecule is CC[C@H](c1ccc(Cl)nc1)N1CCNCC1. The highest BCUT2D eigenvalue weighted by Crippen LogP contribution is 2.24. The molecule has 1 N–H and O–H groups in total. The lowest BCUT2D eigenvalue weighted by molar-refractivity contribution is 0.169. The molecule has 1 atom stereocenters. The van der Waals surface area contributed by atoms with Crippen LogP contribution in [0.2, 0.25) is 5.15 Å². The van der Waals surface area contributed by atoms with Crippen LogP contribution in [0.25, 0.3) is 0 Å². The van der Waals surface area contributed by atoms with E-state index in [1.165, 1.54) is 5.56 Å². The molecule has 4 heteroatoms. The smallest absolute Gasteiger partial charge is 0.129 e. The molecule has 0 saturated carbocycles. The Labute approximate surface area is 102 Å². The van der Waals surface area contributed by atoms with E-state index in [4.69, 9.17) is 11.6 Å². The Morgan fingerprint density at radius 3 is 2.75 bits per heavy atom. The largest absolute Gasteiger partial charge is 0.314 e. The number of halogens is 1. The van der Waals surface area contributed by atoms with Gasteiger partial charge in [0.05, 0.1) is 0 Å². The Bertz CT molecular complexity index is 320. The quantitative estimate of drug-likeness (QED) is 0.819. The Balaban J connectivity index is 2.11. The average Bonchev–Trinajstić information content (AvgIpc) is 2.34. The molecule has 2 rings (SSSR count). The molecule has 1 fully saturated rings. The van der Waals surface area contributed by atoms with Crippen molar-refractivity contribution in [1.82, 2.24) is 15.2 Å². The maximum atomic E-state index is 5.81. The van der Waals surface area contributed by atoms with Gasteiger partial charge in [-0.25, -0.2) is 4.98 Å². The number of hydrogen-bond acceptors (Lipinski definition) is 3. The lowest BCUT2D eigenvalue weighted by Crippen LogP contribution is -2.45. The van der Waals surface area contributed by atoms with Gasteiger partial charge < -0.3 is 5.32 Å². The van der Waals surface area contributed by atoms with Crippen molar-refractivity contribution in [1.29, 1.82) is 0 Å².